The standard InChI is InChI=1S/C29H31N2OS2/c1-6-20(16-27-30(7-2)23-15-19(4)24(32-5)18-26(23)34-27)17-28-31(8-3)29-22-12-10-9-11-21(22)13-14-25(29)33-28/h9-18H,6-8H2,1-5H3/q+1. The van der Waals surface area contributed by atoms with Crippen LogP contribution in [0.5, 0.6) is 5.75 Å². The summed E-state index contributed by atoms with van der Waals surface area (Å²) < 4.78 is 9.39. The van der Waals surface area contributed by atoms with E-state index in [0.717, 1.165) is 25.3 Å². The third-order valence-electron chi connectivity index (χ3n) is 6.52. The molecule has 34 heavy (non-hydrogen) atoms. The van der Waals surface area contributed by atoms with Crippen LogP contribution in [-0.2, 0) is 6.54 Å². The number of benzene rings is 3. The Labute approximate surface area is 210 Å². The van der Waals surface area contributed by atoms with Crippen molar-refractivity contribution in [1.29, 1.82) is 0 Å². The van der Waals surface area contributed by atoms with E-state index in [1.807, 2.05) is 23.1 Å². The van der Waals surface area contributed by atoms with Gasteiger partial charge >= 0.3 is 0 Å². The Kier molecular flexibility index (Phi) is 6.41. The number of thioether (sulfide) groups is 1. The van der Waals surface area contributed by atoms with E-state index in [2.05, 4.69) is 97.8 Å². The van der Waals surface area contributed by atoms with Gasteiger partial charge in [0.25, 0.3) is 5.01 Å². The maximum Gasteiger partial charge on any atom is 0.263 e. The van der Waals surface area contributed by atoms with E-state index in [9.17, 15) is 0 Å². The van der Waals surface area contributed by atoms with Gasteiger partial charge in [-0.1, -0.05) is 54.3 Å². The average Bonchev–Trinajstić information content (AvgIpc) is 3.39. The Bertz CT molecular complexity index is 1450. The molecular formula is C29H31N2OS2+. The highest BCUT2D eigenvalue weighted by Crippen LogP contribution is 2.48. The molecule has 3 nitrogen and oxygen atoms in total. The van der Waals surface area contributed by atoms with Crippen molar-refractivity contribution in [3.05, 3.63) is 75.8 Å². The number of anilines is 1. The first kappa shape index (κ1) is 23.0. The molecule has 3 aromatic carbocycles. The second kappa shape index (κ2) is 9.47. The molecule has 0 unspecified atom stereocenters. The van der Waals surface area contributed by atoms with Gasteiger partial charge in [0.2, 0.25) is 5.52 Å². The van der Waals surface area contributed by atoms with Crippen LogP contribution < -0.4 is 14.2 Å². The summed E-state index contributed by atoms with van der Waals surface area (Å²) >= 11 is 3.73. The van der Waals surface area contributed by atoms with Crippen LogP contribution in [0.15, 0.2) is 70.1 Å². The quantitative estimate of drug-likeness (QED) is 0.257. The number of aromatic nitrogens is 1. The van der Waals surface area contributed by atoms with Gasteiger partial charge in [0.15, 0.2) is 0 Å². The lowest BCUT2D eigenvalue weighted by atomic mass is 10.1. The molecule has 5 rings (SSSR count). The molecule has 0 amide bonds. The number of allylic oxidation sites excluding steroid dienone is 2. The molecule has 174 valence electrons. The van der Waals surface area contributed by atoms with Crippen molar-refractivity contribution in [2.24, 2.45) is 0 Å². The fourth-order valence-electron chi connectivity index (χ4n) is 4.74. The first-order chi connectivity index (χ1) is 16.6. The van der Waals surface area contributed by atoms with Crippen molar-refractivity contribution in [1.82, 2.24) is 0 Å². The summed E-state index contributed by atoms with van der Waals surface area (Å²) in [5.74, 6) is 0.955. The molecule has 0 saturated carbocycles. The van der Waals surface area contributed by atoms with Crippen LogP contribution in [0.2, 0.25) is 0 Å². The molecule has 1 aromatic heterocycles. The first-order valence-corrected chi connectivity index (χ1v) is 13.6. The average molecular weight is 488 g/mol. The number of nitrogens with zero attached hydrogens (tertiary/aromatic N) is 2. The number of ether oxygens (including phenoxy) is 1. The maximum atomic E-state index is 5.58. The Hall–Kier alpha value is -2.76. The smallest absolute Gasteiger partial charge is 0.263 e. The van der Waals surface area contributed by atoms with E-state index in [4.69, 9.17) is 4.74 Å². The molecule has 4 aromatic rings. The van der Waals surface area contributed by atoms with E-state index >= 15 is 0 Å². The van der Waals surface area contributed by atoms with Crippen molar-refractivity contribution in [2.45, 2.75) is 45.6 Å². The number of rotatable bonds is 6. The minimum atomic E-state index is 0.943. The van der Waals surface area contributed by atoms with Gasteiger partial charge in [-0.25, -0.2) is 0 Å². The fourth-order valence-corrected chi connectivity index (χ4v) is 7.18. The van der Waals surface area contributed by atoms with Crippen molar-refractivity contribution in [3.63, 3.8) is 0 Å². The van der Waals surface area contributed by atoms with Crippen LogP contribution >= 0.6 is 23.1 Å². The van der Waals surface area contributed by atoms with Gasteiger partial charge < -0.3 is 9.64 Å². The third kappa shape index (κ3) is 3.91. The van der Waals surface area contributed by atoms with Crippen molar-refractivity contribution in [2.75, 3.05) is 18.6 Å². The normalized spacial score (nSPS) is 15.0. The summed E-state index contributed by atoms with van der Waals surface area (Å²) in [5.41, 5.74) is 5.15. The van der Waals surface area contributed by atoms with E-state index in [0.29, 0.717) is 0 Å². The molecule has 2 heterocycles. The molecule has 0 saturated heterocycles. The number of hydrogen-bond donors (Lipinski definition) is 0. The molecule has 0 fully saturated rings. The van der Waals surface area contributed by atoms with E-state index in [1.54, 1.807) is 7.11 Å². The molecule has 0 radical (unpaired) electrons. The summed E-state index contributed by atoms with van der Waals surface area (Å²) in [6.07, 6.45) is 5.75. The van der Waals surface area contributed by atoms with Crippen LogP contribution in [0.25, 0.3) is 27.1 Å². The second-order valence-electron chi connectivity index (χ2n) is 8.51. The zero-order chi connectivity index (χ0) is 23.8. The van der Waals surface area contributed by atoms with Crippen LogP contribution in [-0.4, -0.2) is 13.7 Å². The van der Waals surface area contributed by atoms with Crippen LogP contribution in [0.3, 0.4) is 0 Å². The fraction of sp³-hybridized carbons (Fsp3) is 0.276. The van der Waals surface area contributed by atoms with Gasteiger partial charge in [-0.05, 0) is 74.1 Å². The molecular weight excluding hydrogens is 456 g/mol. The van der Waals surface area contributed by atoms with Crippen molar-refractivity contribution < 1.29 is 9.30 Å². The maximum absolute atomic E-state index is 5.58. The molecule has 0 bridgehead atoms. The molecule has 1 aliphatic heterocycles. The lowest BCUT2D eigenvalue weighted by molar-refractivity contribution is -0.664. The zero-order valence-corrected chi connectivity index (χ0v) is 22.1. The SMILES string of the molecule is CCC(=C/c1sc2ccc3ccccc3c2[n+]1CC)/C=C1/Sc2cc(OC)c(C)cc2N1CC. The number of aryl methyl sites for hydroxylation is 2. The predicted molar refractivity (Wildman–Crippen MR) is 148 cm³/mol. The highest BCUT2D eigenvalue weighted by Gasteiger charge is 2.26. The molecule has 0 spiro atoms. The van der Waals surface area contributed by atoms with E-state index in [1.165, 1.54) is 52.7 Å². The molecule has 0 atom stereocenters. The van der Waals surface area contributed by atoms with Crippen molar-refractivity contribution >= 4 is 55.9 Å². The van der Waals surface area contributed by atoms with Crippen molar-refractivity contribution in [3.8, 4) is 5.75 Å². The summed E-state index contributed by atoms with van der Waals surface area (Å²) in [4.78, 5) is 3.69. The Balaban J connectivity index is 1.59. The van der Waals surface area contributed by atoms with Gasteiger partial charge in [0, 0.05) is 17.5 Å². The van der Waals surface area contributed by atoms with Gasteiger partial charge in [-0.2, -0.15) is 4.57 Å². The Morgan fingerprint density at radius 3 is 2.65 bits per heavy atom. The van der Waals surface area contributed by atoms with E-state index in [-0.39, 0.29) is 0 Å². The molecule has 0 N–H and O–H groups in total. The number of thiazole rings is 1. The summed E-state index contributed by atoms with van der Waals surface area (Å²) in [6.45, 7) is 10.7. The molecule has 5 heteroatoms. The number of hydrogen-bond acceptors (Lipinski definition) is 4. The van der Waals surface area contributed by atoms with Gasteiger partial charge in [-0.15, -0.1) is 0 Å². The van der Waals surface area contributed by atoms with Crippen LogP contribution in [0, 0.1) is 6.92 Å². The topological polar surface area (TPSA) is 16.4 Å². The summed E-state index contributed by atoms with van der Waals surface area (Å²) in [6, 6.07) is 17.7. The van der Waals surface area contributed by atoms with Gasteiger partial charge in [-0.3, -0.25) is 0 Å². The minimum Gasteiger partial charge on any atom is -0.496 e. The lowest BCUT2D eigenvalue weighted by Gasteiger charge is -2.19. The van der Waals surface area contributed by atoms with Gasteiger partial charge in [0.05, 0.1) is 23.2 Å². The van der Waals surface area contributed by atoms with Gasteiger partial charge in [0.1, 0.15) is 17.0 Å². The first-order valence-electron chi connectivity index (χ1n) is 12.0. The number of fused-ring (bicyclic) bond motifs is 4. The highest BCUT2D eigenvalue weighted by atomic mass is 32.2. The zero-order valence-electron chi connectivity index (χ0n) is 20.5. The lowest BCUT2D eigenvalue weighted by Crippen LogP contribution is -2.33. The Morgan fingerprint density at radius 2 is 1.91 bits per heavy atom. The predicted octanol–water partition coefficient (Wildman–Crippen LogP) is 7.95. The monoisotopic (exact) mass is 487 g/mol. The Morgan fingerprint density at radius 1 is 1.09 bits per heavy atom. The van der Waals surface area contributed by atoms with Crippen LogP contribution in [0.4, 0.5) is 5.69 Å². The minimum absolute atomic E-state index is 0.943. The molecule has 0 aliphatic carbocycles. The third-order valence-corrected chi connectivity index (χ3v) is 8.71. The molecule has 1 aliphatic rings. The summed E-state index contributed by atoms with van der Waals surface area (Å²) in [5, 5.41) is 5.22. The highest BCUT2D eigenvalue weighted by molar-refractivity contribution is 8.03. The van der Waals surface area contributed by atoms with Crippen LogP contribution in [0.1, 0.15) is 37.8 Å². The number of methoxy groups -OCH3 is 1. The largest absolute Gasteiger partial charge is 0.496 e. The van der Waals surface area contributed by atoms with E-state index < -0.39 is 0 Å². The summed E-state index contributed by atoms with van der Waals surface area (Å²) in [7, 11) is 1.75. The second-order valence-corrected chi connectivity index (χ2v) is 10.6.